The summed E-state index contributed by atoms with van der Waals surface area (Å²) in [7, 11) is 0. The van der Waals surface area contributed by atoms with Gasteiger partial charge in [0.2, 0.25) is 0 Å². The standard InChI is InChI=1S/C20H30N4O3/c1-3-27-20(26)23-11-7-17(8-12-23)22-18-13-16(6-9-21-18)19(25)24-10-4-5-15(2)14-24/h6,9,13,15,17H,3-5,7-8,10-12,14H2,1-2H3,(H,21,22). The summed E-state index contributed by atoms with van der Waals surface area (Å²) < 4.78 is 5.05. The van der Waals surface area contributed by atoms with Crippen LogP contribution in [-0.4, -0.2) is 65.6 Å². The van der Waals surface area contributed by atoms with E-state index in [9.17, 15) is 9.59 Å². The predicted molar refractivity (Wildman–Crippen MR) is 104 cm³/mol. The average Bonchev–Trinajstić information content (AvgIpc) is 2.68. The van der Waals surface area contributed by atoms with Crippen LogP contribution in [0.25, 0.3) is 0 Å². The number of hydrogen-bond donors (Lipinski definition) is 1. The highest BCUT2D eigenvalue weighted by Crippen LogP contribution is 2.20. The van der Waals surface area contributed by atoms with Gasteiger partial charge in [-0.1, -0.05) is 6.92 Å². The molecular formula is C20H30N4O3. The number of hydrogen-bond acceptors (Lipinski definition) is 5. The number of piperidine rings is 2. The number of anilines is 1. The van der Waals surface area contributed by atoms with Gasteiger partial charge in [0.15, 0.2) is 0 Å². The van der Waals surface area contributed by atoms with Gasteiger partial charge in [0.05, 0.1) is 6.61 Å². The summed E-state index contributed by atoms with van der Waals surface area (Å²) in [5, 5.41) is 3.42. The topological polar surface area (TPSA) is 74.8 Å². The van der Waals surface area contributed by atoms with Crippen LogP contribution >= 0.6 is 0 Å². The Labute approximate surface area is 161 Å². The molecule has 2 aliphatic heterocycles. The van der Waals surface area contributed by atoms with Gasteiger partial charge in [0.1, 0.15) is 5.82 Å². The second-order valence-electron chi connectivity index (χ2n) is 7.53. The van der Waals surface area contributed by atoms with E-state index in [1.165, 1.54) is 6.42 Å². The SMILES string of the molecule is CCOC(=O)N1CCC(Nc2cc(C(=O)N3CCCC(C)C3)ccn2)CC1. The molecule has 1 aromatic rings. The molecule has 148 valence electrons. The number of nitrogens with one attached hydrogen (secondary N) is 1. The van der Waals surface area contributed by atoms with Crippen LogP contribution in [0.3, 0.4) is 0 Å². The largest absolute Gasteiger partial charge is 0.450 e. The normalized spacial score (nSPS) is 21.0. The van der Waals surface area contributed by atoms with Gasteiger partial charge in [-0.25, -0.2) is 9.78 Å². The van der Waals surface area contributed by atoms with Crippen LogP contribution in [-0.2, 0) is 4.74 Å². The molecule has 2 amide bonds. The maximum absolute atomic E-state index is 12.8. The maximum Gasteiger partial charge on any atom is 0.409 e. The fraction of sp³-hybridized carbons (Fsp3) is 0.650. The first kappa shape index (κ1) is 19.5. The first-order chi connectivity index (χ1) is 13.1. The number of carbonyl (C=O) groups excluding carboxylic acids is 2. The monoisotopic (exact) mass is 374 g/mol. The molecule has 7 nitrogen and oxygen atoms in total. The van der Waals surface area contributed by atoms with Crippen molar-refractivity contribution in [2.24, 2.45) is 5.92 Å². The van der Waals surface area contributed by atoms with Gasteiger partial charge in [0.25, 0.3) is 5.91 Å². The summed E-state index contributed by atoms with van der Waals surface area (Å²) in [6, 6.07) is 3.87. The van der Waals surface area contributed by atoms with Crippen molar-refractivity contribution in [2.75, 3.05) is 38.1 Å². The van der Waals surface area contributed by atoms with Gasteiger partial charge in [-0.15, -0.1) is 0 Å². The highest BCUT2D eigenvalue weighted by atomic mass is 16.6. The van der Waals surface area contributed by atoms with Crippen LogP contribution in [0.5, 0.6) is 0 Å². The van der Waals surface area contributed by atoms with Crippen LogP contribution in [0, 0.1) is 5.92 Å². The van der Waals surface area contributed by atoms with Crippen molar-refractivity contribution < 1.29 is 14.3 Å². The Kier molecular flexibility index (Phi) is 6.53. The number of pyridine rings is 1. The molecule has 1 N–H and O–H groups in total. The molecule has 1 unspecified atom stereocenters. The molecule has 0 aromatic carbocycles. The fourth-order valence-electron chi connectivity index (χ4n) is 3.83. The third-order valence-electron chi connectivity index (χ3n) is 5.32. The van der Waals surface area contributed by atoms with Gasteiger partial charge in [0, 0.05) is 44.0 Å². The maximum atomic E-state index is 12.8. The fourth-order valence-corrected chi connectivity index (χ4v) is 3.83. The summed E-state index contributed by atoms with van der Waals surface area (Å²) >= 11 is 0. The second-order valence-corrected chi connectivity index (χ2v) is 7.53. The van der Waals surface area contributed by atoms with E-state index in [4.69, 9.17) is 4.74 Å². The first-order valence-corrected chi connectivity index (χ1v) is 10.0. The lowest BCUT2D eigenvalue weighted by atomic mass is 9.99. The lowest BCUT2D eigenvalue weighted by Crippen LogP contribution is -2.42. The van der Waals surface area contributed by atoms with E-state index in [-0.39, 0.29) is 18.0 Å². The zero-order valence-electron chi connectivity index (χ0n) is 16.3. The molecule has 2 saturated heterocycles. The van der Waals surface area contributed by atoms with Gasteiger partial charge in [-0.3, -0.25) is 4.79 Å². The molecule has 3 rings (SSSR count). The van der Waals surface area contributed by atoms with Crippen molar-refractivity contribution in [3.63, 3.8) is 0 Å². The van der Waals surface area contributed by atoms with Gasteiger partial charge in [-0.2, -0.15) is 0 Å². The average molecular weight is 374 g/mol. The van der Waals surface area contributed by atoms with Crippen molar-refractivity contribution >= 4 is 17.8 Å². The highest BCUT2D eigenvalue weighted by Gasteiger charge is 2.25. The van der Waals surface area contributed by atoms with Crippen molar-refractivity contribution in [2.45, 2.75) is 45.6 Å². The molecule has 0 saturated carbocycles. The number of aromatic nitrogens is 1. The van der Waals surface area contributed by atoms with Crippen LogP contribution < -0.4 is 5.32 Å². The number of amides is 2. The minimum absolute atomic E-state index is 0.0872. The molecule has 0 radical (unpaired) electrons. The number of nitrogens with zero attached hydrogens (tertiary/aromatic N) is 3. The number of likely N-dealkylation sites (tertiary alicyclic amines) is 2. The third kappa shape index (κ3) is 5.11. The Morgan fingerprint density at radius 3 is 2.70 bits per heavy atom. The zero-order valence-corrected chi connectivity index (χ0v) is 16.3. The van der Waals surface area contributed by atoms with Crippen LogP contribution in [0.15, 0.2) is 18.3 Å². The van der Waals surface area contributed by atoms with E-state index in [1.54, 1.807) is 17.2 Å². The zero-order chi connectivity index (χ0) is 19.2. The number of rotatable bonds is 4. The van der Waals surface area contributed by atoms with E-state index >= 15 is 0 Å². The summed E-state index contributed by atoms with van der Waals surface area (Å²) in [5.41, 5.74) is 0.686. The summed E-state index contributed by atoms with van der Waals surface area (Å²) in [4.78, 5) is 32.6. The molecule has 7 heteroatoms. The lowest BCUT2D eigenvalue weighted by molar-refractivity contribution is 0.0682. The summed E-state index contributed by atoms with van der Waals surface area (Å²) in [6.07, 6.45) is 5.39. The predicted octanol–water partition coefficient (Wildman–Crippen LogP) is 2.99. The van der Waals surface area contributed by atoms with Crippen molar-refractivity contribution in [3.8, 4) is 0 Å². The molecule has 2 fully saturated rings. The van der Waals surface area contributed by atoms with Gasteiger partial charge < -0.3 is 19.9 Å². The number of carbonyl (C=O) groups is 2. The highest BCUT2D eigenvalue weighted by molar-refractivity contribution is 5.94. The van der Waals surface area contributed by atoms with E-state index in [2.05, 4.69) is 17.2 Å². The molecule has 0 bridgehead atoms. The molecule has 27 heavy (non-hydrogen) atoms. The van der Waals surface area contributed by atoms with E-state index in [1.807, 2.05) is 17.9 Å². The molecule has 0 spiro atoms. The Balaban J connectivity index is 1.55. The molecule has 1 aromatic heterocycles. The smallest absolute Gasteiger partial charge is 0.409 e. The molecule has 3 heterocycles. The molecule has 2 aliphatic rings. The van der Waals surface area contributed by atoms with Crippen LogP contribution in [0.4, 0.5) is 10.6 Å². The van der Waals surface area contributed by atoms with Crippen LogP contribution in [0.1, 0.15) is 49.9 Å². The minimum Gasteiger partial charge on any atom is -0.450 e. The van der Waals surface area contributed by atoms with Crippen LogP contribution in [0.2, 0.25) is 0 Å². The molecule has 1 atom stereocenters. The third-order valence-corrected chi connectivity index (χ3v) is 5.32. The second kappa shape index (κ2) is 9.06. The number of ether oxygens (including phenoxy) is 1. The Hall–Kier alpha value is -2.31. The van der Waals surface area contributed by atoms with E-state index in [0.29, 0.717) is 31.2 Å². The minimum atomic E-state index is -0.238. The van der Waals surface area contributed by atoms with Crippen molar-refractivity contribution in [3.05, 3.63) is 23.9 Å². The lowest BCUT2D eigenvalue weighted by Gasteiger charge is -2.32. The first-order valence-electron chi connectivity index (χ1n) is 10.0. The quantitative estimate of drug-likeness (QED) is 0.877. The van der Waals surface area contributed by atoms with E-state index < -0.39 is 0 Å². The Morgan fingerprint density at radius 2 is 2.00 bits per heavy atom. The summed E-state index contributed by atoms with van der Waals surface area (Å²) in [6.45, 7) is 7.41. The van der Waals surface area contributed by atoms with Gasteiger partial charge >= 0.3 is 6.09 Å². The molecule has 0 aliphatic carbocycles. The Morgan fingerprint density at radius 1 is 1.22 bits per heavy atom. The van der Waals surface area contributed by atoms with Crippen molar-refractivity contribution in [1.29, 1.82) is 0 Å². The van der Waals surface area contributed by atoms with Crippen molar-refractivity contribution in [1.82, 2.24) is 14.8 Å². The summed E-state index contributed by atoms with van der Waals surface area (Å²) in [5.74, 6) is 1.37. The van der Waals surface area contributed by atoms with Gasteiger partial charge in [-0.05, 0) is 50.7 Å². The van der Waals surface area contributed by atoms with E-state index in [0.717, 1.165) is 38.2 Å². The molecular weight excluding hydrogens is 344 g/mol. The Bertz CT molecular complexity index is 658.